The van der Waals surface area contributed by atoms with Crippen LogP contribution in [0.5, 0.6) is 11.5 Å². The van der Waals surface area contributed by atoms with Crippen molar-refractivity contribution in [2.24, 2.45) is 0 Å². The minimum absolute atomic E-state index is 0.174. The van der Waals surface area contributed by atoms with E-state index in [1.165, 1.54) is 11.3 Å². The number of hydrogen-bond donors (Lipinski definition) is 2. The van der Waals surface area contributed by atoms with Gasteiger partial charge in [-0.05, 0) is 24.3 Å². The summed E-state index contributed by atoms with van der Waals surface area (Å²) in [7, 11) is 1.62. The first-order valence-electron chi connectivity index (χ1n) is 9.20. The highest BCUT2D eigenvalue weighted by Crippen LogP contribution is 2.32. The zero-order valence-electron chi connectivity index (χ0n) is 16.0. The second kappa shape index (κ2) is 8.36. The molecule has 1 aromatic heterocycles. The third kappa shape index (κ3) is 4.09. The Bertz CT molecular complexity index is 1030. The van der Waals surface area contributed by atoms with Gasteiger partial charge in [-0.25, -0.2) is 4.98 Å². The molecule has 0 bridgehead atoms. The number of methoxy groups -OCH3 is 1. The van der Waals surface area contributed by atoms with Crippen molar-refractivity contribution in [2.45, 2.75) is 0 Å². The van der Waals surface area contributed by atoms with Crippen molar-refractivity contribution < 1.29 is 14.6 Å². The van der Waals surface area contributed by atoms with Crippen LogP contribution in [0.25, 0.3) is 16.8 Å². The van der Waals surface area contributed by atoms with E-state index >= 15 is 0 Å². The van der Waals surface area contributed by atoms with Crippen LogP contribution in [0.2, 0.25) is 0 Å². The van der Waals surface area contributed by atoms with Gasteiger partial charge in [0.1, 0.15) is 34.7 Å². The second-order valence-corrected chi connectivity index (χ2v) is 7.38. The molecule has 3 aromatic rings. The minimum Gasteiger partial charge on any atom is -0.510 e. The van der Waals surface area contributed by atoms with Crippen molar-refractivity contribution in [1.82, 2.24) is 9.88 Å². The molecule has 2 heterocycles. The van der Waals surface area contributed by atoms with E-state index in [4.69, 9.17) is 14.9 Å². The summed E-state index contributed by atoms with van der Waals surface area (Å²) in [5.74, 6) is 1.96. The molecule has 1 aliphatic heterocycles. The molecule has 0 radical (unpaired) electrons. The zero-order chi connectivity index (χ0) is 20.2. The summed E-state index contributed by atoms with van der Waals surface area (Å²) < 4.78 is 10.9. The Labute approximate surface area is 173 Å². The molecule has 148 valence electrons. The van der Waals surface area contributed by atoms with Crippen molar-refractivity contribution in [3.63, 3.8) is 0 Å². The van der Waals surface area contributed by atoms with Gasteiger partial charge in [-0.2, -0.15) is 0 Å². The normalized spacial score (nSPS) is 13.8. The first kappa shape index (κ1) is 19.0. The third-order valence-electron chi connectivity index (χ3n) is 4.66. The SMILES string of the molecule is COc1ccc(OCCN2CC(O)=C(c3nc(-c4ccccc4)cs3)C2=N)cc1. The molecule has 0 saturated heterocycles. The number of benzene rings is 2. The lowest BCUT2D eigenvalue weighted by atomic mass is 10.2. The number of amidine groups is 1. The first-order valence-corrected chi connectivity index (χ1v) is 10.1. The van der Waals surface area contributed by atoms with Crippen LogP contribution in [0.3, 0.4) is 0 Å². The average molecular weight is 407 g/mol. The first-order chi connectivity index (χ1) is 14.2. The van der Waals surface area contributed by atoms with Gasteiger partial charge in [0, 0.05) is 10.9 Å². The molecule has 4 rings (SSSR count). The van der Waals surface area contributed by atoms with Crippen LogP contribution in [0.1, 0.15) is 5.01 Å². The van der Waals surface area contributed by atoms with Crippen molar-refractivity contribution in [3.8, 4) is 22.8 Å². The number of aromatic nitrogens is 1. The lowest BCUT2D eigenvalue weighted by Crippen LogP contribution is -2.31. The van der Waals surface area contributed by atoms with E-state index in [2.05, 4.69) is 4.98 Å². The Morgan fingerprint density at radius 2 is 1.83 bits per heavy atom. The Kier molecular flexibility index (Phi) is 5.48. The maximum atomic E-state index is 10.4. The van der Waals surface area contributed by atoms with Gasteiger partial charge in [0.15, 0.2) is 0 Å². The van der Waals surface area contributed by atoms with E-state index in [0.29, 0.717) is 30.3 Å². The molecule has 2 aromatic carbocycles. The predicted octanol–water partition coefficient (Wildman–Crippen LogP) is 4.46. The zero-order valence-corrected chi connectivity index (χ0v) is 16.8. The van der Waals surface area contributed by atoms with Crippen LogP contribution >= 0.6 is 11.3 Å². The Morgan fingerprint density at radius 3 is 2.55 bits per heavy atom. The van der Waals surface area contributed by atoms with Gasteiger partial charge in [0.25, 0.3) is 0 Å². The molecule has 0 fully saturated rings. The molecule has 6 nitrogen and oxygen atoms in total. The monoisotopic (exact) mass is 407 g/mol. The summed E-state index contributed by atoms with van der Waals surface area (Å²) >= 11 is 1.44. The number of ether oxygens (including phenoxy) is 2. The molecule has 2 N–H and O–H groups in total. The minimum atomic E-state index is 0.174. The van der Waals surface area contributed by atoms with E-state index in [1.807, 2.05) is 60.0 Å². The fourth-order valence-electron chi connectivity index (χ4n) is 3.12. The van der Waals surface area contributed by atoms with E-state index in [1.54, 1.807) is 12.0 Å². The molecule has 29 heavy (non-hydrogen) atoms. The standard InChI is InChI=1S/C22H21N3O3S/c1-27-16-7-9-17(10-8-16)28-12-11-25-13-19(26)20(21(25)23)22-24-18(14-29-22)15-5-3-2-4-6-15/h2-10,14,23,26H,11-13H2,1H3. The fraction of sp³-hybridized carbons (Fsp3) is 0.182. The number of aliphatic hydroxyl groups is 1. The van der Waals surface area contributed by atoms with Crippen molar-refractivity contribution in [2.75, 3.05) is 26.8 Å². The molecule has 0 saturated carbocycles. The number of aliphatic hydroxyl groups excluding tert-OH is 1. The number of nitrogens with zero attached hydrogens (tertiary/aromatic N) is 2. The summed E-state index contributed by atoms with van der Waals surface area (Å²) in [5, 5.41) is 21.5. The van der Waals surface area contributed by atoms with Crippen LogP contribution in [-0.4, -0.2) is 47.6 Å². The summed E-state index contributed by atoms with van der Waals surface area (Å²) in [6, 6.07) is 17.2. The second-order valence-electron chi connectivity index (χ2n) is 6.52. The molecular weight excluding hydrogens is 386 g/mol. The fourth-order valence-corrected chi connectivity index (χ4v) is 4.02. The maximum absolute atomic E-state index is 10.4. The Balaban J connectivity index is 1.38. The third-order valence-corrected chi connectivity index (χ3v) is 5.52. The van der Waals surface area contributed by atoms with Crippen LogP contribution in [0.15, 0.2) is 65.7 Å². The number of hydrogen-bond acceptors (Lipinski definition) is 6. The van der Waals surface area contributed by atoms with Gasteiger partial charge in [-0.15, -0.1) is 11.3 Å². The molecule has 0 amide bonds. The molecule has 1 aliphatic rings. The predicted molar refractivity (Wildman–Crippen MR) is 115 cm³/mol. The van der Waals surface area contributed by atoms with Crippen LogP contribution in [0.4, 0.5) is 0 Å². The molecule has 7 heteroatoms. The highest BCUT2D eigenvalue weighted by molar-refractivity contribution is 7.11. The van der Waals surface area contributed by atoms with Crippen molar-refractivity contribution in [3.05, 3.63) is 70.7 Å². The molecule has 0 spiro atoms. The summed E-state index contributed by atoms with van der Waals surface area (Å²) in [4.78, 5) is 6.42. The van der Waals surface area contributed by atoms with E-state index in [9.17, 15) is 5.11 Å². The van der Waals surface area contributed by atoms with Crippen molar-refractivity contribution in [1.29, 1.82) is 5.41 Å². The highest BCUT2D eigenvalue weighted by atomic mass is 32.1. The van der Waals surface area contributed by atoms with Gasteiger partial charge in [0.05, 0.1) is 31.5 Å². The summed E-state index contributed by atoms with van der Waals surface area (Å²) in [6.45, 7) is 1.19. The Morgan fingerprint density at radius 1 is 1.10 bits per heavy atom. The smallest absolute Gasteiger partial charge is 0.135 e. The van der Waals surface area contributed by atoms with Crippen LogP contribution in [-0.2, 0) is 0 Å². The largest absolute Gasteiger partial charge is 0.510 e. The Hall–Kier alpha value is -3.32. The van der Waals surface area contributed by atoms with E-state index < -0.39 is 0 Å². The number of thiazole rings is 1. The lowest BCUT2D eigenvalue weighted by Gasteiger charge is -2.18. The van der Waals surface area contributed by atoms with Gasteiger partial charge >= 0.3 is 0 Å². The van der Waals surface area contributed by atoms with E-state index in [-0.39, 0.29) is 11.6 Å². The van der Waals surface area contributed by atoms with Gasteiger partial charge in [-0.1, -0.05) is 30.3 Å². The van der Waals surface area contributed by atoms with Crippen LogP contribution in [0, 0.1) is 5.41 Å². The quantitative estimate of drug-likeness (QED) is 0.605. The number of rotatable bonds is 7. The number of nitrogens with one attached hydrogen (secondary N) is 1. The van der Waals surface area contributed by atoms with Gasteiger partial charge < -0.3 is 19.5 Å². The topological polar surface area (TPSA) is 78.7 Å². The van der Waals surface area contributed by atoms with Gasteiger partial charge in [0.2, 0.25) is 0 Å². The van der Waals surface area contributed by atoms with Crippen LogP contribution < -0.4 is 9.47 Å². The van der Waals surface area contributed by atoms with Crippen molar-refractivity contribution >= 4 is 22.7 Å². The molecule has 0 unspecified atom stereocenters. The highest BCUT2D eigenvalue weighted by Gasteiger charge is 2.30. The lowest BCUT2D eigenvalue weighted by molar-refractivity contribution is 0.265. The summed E-state index contributed by atoms with van der Waals surface area (Å²) in [5.41, 5.74) is 2.37. The molecular formula is C22H21N3O3S. The van der Waals surface area contributed by atoms with Gasteiger partial charge in [-0.3, -0.25) is 5.41 Å². The summed E-state index contributed by atoms with van der Waals surface area (Å²) in [6.07, 6.45) is 0. The molecule has 0 aliphatic carbocycles. The average Bonchev–Trinajstić information content (AvgIpc) is 3.33. The maximum Gasteiger partial charge on any atom is 0.135 e. The molecule has 0 atom stereocenters. The van der Waals surface area contributed by atoms with E-state index in [0.717, 1.165) is 22.8 Å².